The predicted molar refractivity (Wildman–Crippen MR) is 78.4 cm³/mol. The van der Waals surface area contributed by atoms with E-state index in [4.69, 9.17) is 0 Å². The highest BCUT2D eigenvalue weighted by atomic mass is 15.2. The van der Waals surface area contributed by atoms with Crippen molar-refractivity contribution in [3.05, 3.63) is 0 Å². The first-order chi connectivity index (χ1) is 7.88. The zero-order valence-electron chi connectivity index (χ0n) is 13.1. The van der Waals surface area contributed by atoms with Gasteiger partial charge in [0, 0.05) is 12.6 Å². The highest BCUT2D eigenvalue weighted by molar-refractivity contribution is 4.74. The molecule has 17 heavy (non-hydrogen) atoms. The lowest BCUT2D eigenvalue weighted by atomic mass is 10.0. The first kappa shape index (κ1) is 16.9. The van der Waals surface area contributed by atoms with Crippen LogP contribution in [0.4, 0.5) is 0 Å². The molecule has 0 spiro atoms. The molecule has 0 fully saturated rings. The van der Waals surface area contributed by atoms with Crippen LogP contribution in [0.25, 0.3) is 0 Å². The standard InChI is InChI=1S/C15H34N2/c1-8-17(11-13(4)5)15(7)14(6)10-16-9-12(2)3/h12-16H,8-11H2,1-7H3. The molecule has 0 aliphatic heterocycles. The summed E-state index contributed by atoms with van der Waals surface area (Å²) in [6.45, 7) is 20.8. The number of nitrogens with one attached hydrogen (secondary N) is 1. The van der Waals surface area contributed by atoms with Gasteiger partial charge in [0.15, 0.2) is 0 Å². The van der Waals surface area contributed by atoms with Crippen molar-refractivity contribution in [2.24, 2.45) is 17.8 Å². The minimum Gasteiger partial charge on any atom is -0.316 e. The Kier molecular flexibility index (Phi) is 8.89. The van der Waals surface area contributed by atoms with E-state index in [0.717, 1.165) is 31.5 Å². The Morgan fingerprint density at radius 1 is 0.882 bits per heavy atom. The molecule has 0 radical (unpaired) electrons. The molecule has 0 aromatic rings. The molecular formula is C15H34N2. The average Bonchev–Trinajstić information content (AvgIpc) is 2.23. The Morgan fingerprint density at radius 2 is 1.47 bits per heavy atom. The van der Waals surface area contributed by atoms with Crippen LogP contribution in [0.5, 0.6) is 0 Å². The van der Waals surface area contributed by atoms with Crippen molar-refractivity contribution >= 4 is 0 Å². The fourth-order valence-corrected chi connectivity index (χ4v) is 2.18. The van der Waals surface area contributed by atoms with Crippen LogP contribution in [0.15, 0.2) is 0 Å². The van der Waals surface area contributed by atoms with E-state index in [1.165, 1.54) is 6.54 Å². The smallest absolute Gasteiger partial charge is 0.0105 e. The third kappa shape index (κ3) is 7.77. The quantitative estimate of drug-likeness (QED) is 0.668. The van der Waals surface area contributed by atoms with Gasteiger partial charge in [-0.1, -0.05) is 41.5 Å². The highest BCUT2D eigenvalue weighted by Gasteiger charge is 2.19. The molecule has 0 amide bonds. The summed E-state index contributed by atoms with van der Waals surface area (Å²) in [6, 6.07) is 0.669. The van der Waals surface area contributed by atoms with Crippen LogP contribution in [-0.4, -0.2) is 37.1 Å². The third-order valence-electron chi connectivity index (χ3n) is 3.42. The Hall–Kier alpha value is -0.0800. The van der Waals surface area contributed by atoms with Crippen molar-refractivity contribution in [1.29, 1.82) is 0 Å². The summed E-state index contributed by atoms with van der Waals surface area (Å²) < 4.78 is 0. The van der Waals surface area contributed by atoms with E-state index in [-0.39, 0.29) is 0 Å². The average molecular weight is 242 g/mol. The second-order valence-electron chi connectivity index (χ2n) is 6.25. The molecule has 2 nitrogen and oxygen atoms in total. The van der Waals surface area contributed by atoms with E-state index in [1.54, 1.807) is 0 Å². The second-order valence-corrected chi connectivity index (χ2v) is 6.25. The molecular weight excluding hydrogens is 208 g/mol. The molecule has 0 saturated carbocycles. The van der Waals surface area contributed by atoms with Gasteiger partial charge in [-0.3, -0.25) is 0 Å². The van der Waals surface area contributed by atoms with Crippen molar-refractivity contribution in [2.45, 2.75) is 54.5 Å². The van der Waals surface area contributed by atoms with Gasteiger partial charge in [-0.25, -0.2) is 0 Å². The van der Waals surface area contributed by atoms with Crippen LogP contribution in [0.3, 0.4) is 0 Å². The third-order valence-corrected chi connectivity index (χ3v) is 3.42. The van der Waals surface area contributed by atoms with E-state index in [0.29, 0.717) is 12.0 Å². The molecule has 2 unspecified atom stereocenters. The zero-order valence-corrected chi connectivity index (χ0v) is 13.1. The van der Waals surface area contributed by atoms with E-state index in [9.17, 15) is 0 Å². The summed E-state index contributed by atoms with van der Waals surface area (Å²) in [5.41, 5.74) is 0. The van der Waals surface area contributed by atoms with Gasteiger partial charge < -0.3 is 10.2 Å². The first-order valence-corrected chi connectivity index (χ1v) is 7.33. The van der Waals surface area contributed by atoms with E-state index >= 15 is 0 Å². The number of rotatable bonds is 9. The number of nitrogens with zero attached hydrogens (tertiary/aromatic N) is 1. The Bertz CT molecular complexity index is 178. The summed E-state index contributed by atoms with van der Waals surface area (Å²) >= 11 is 0. The highest BCUT2D eigenvalue weighted by Crippen LogP contribution is 2.12. The van der Waals surface area contributed by atoms with Gasteiger partial charge in [0.2, 0.25) is 0 Å². The minimum absolute atomic E-state index is 0.669. The lowest BCUT2D eigenvalue weighted by molar-refractivity contribution is 0.150. The largest absolute Gasteiger partial charge is 0.316 e. The van der Waals surface area contributed by atoms with Crippen molar-refractivity contribution in [1.82, 2.24) is 10.2 Å². The van der Waals surface area contributed by atoms with Crippen LogP contribution >= 0.6 is 0 Å². The maximum absolute atomic E-state index is 3.57. The van der Waals surface area contributed by atoms with Crippen LogP contribution in [0.1, 0.15) is 48.5 Å². The molecule has 0 bridgehead atoms. The minimum atomic E-state index is 0.669. The Balaban J connectivity index is 4.02. The molecule has 0 aromatic carbocycles. The molecule has 2 heteroatoms. The fraction of sp³-hybridized carbons (Fsp3) is 1.00. The summed E-state index contributed by atoms with van der Waals surface area (Å²) in [7, 11) is 0. The van der Waals surface area contributed by atoms with Crippen molar-refractivity contribution in [3.63, 3.8) is 0 Å². The van der Waals surface area contributed by atoms with E-state index < -0.39 is 0 Å². The van der Waals surface area contributed by atoms with Gasteiger partial charge in [-0.15, -0.1) is 0 Å². The van der Waals surface area contributed by atoms with E-state index in [2.05, 4.69) is 58.7 Å². The van der Waals surface area contributed by atoms with Crippen LogP contribution in [0, 0.1) is 17.8 Å². The summed E-state index contributed by atoms with van der Waals surface area (Å²) in [5.74, 6) is 2.22. The summed E-state index contributed by atoms with van der Waals surface area (Å²) in [4.78, 5) is 2.60. The summed E-state index contributed by atoms with van der Waals surface area (Å²) in [6.07, 6.45) is 0. The molecule has 0 saturated heterocycles. The molecule has 104 valence electrons. The van der Waals surface area contributed by atoms with Gasteiger partial charge >= 0.3 is 0 Å². The second kappa shape index (κ2) is 8.93. The molecule has 0 aromatic heterocycles. The van der Waals surface area contributed by atoms with E-state index in [1.807, 2.05) is 0 Å². The number of hydrogen-bond acceptors (Lipinski definition) is 2. The normalized spacial score (nSPS) is 15.9. The first-order valence-electron chi connectivity index (χ1n) is 7.33. The van der Waals surface area contributed by atoms with Crippen molar-refractivity contribution in [3.8, 4) is 0 Å². The lowest BCUT2D eigenvalue weighted by Crippen LogP contribution is -2.43. The maximum Gasteiger partial charge on any atom is 0.0105 e. The lowest BCUT2D eigenvalue weighted by Gasteiger charge is -2.33. The summed E-state index contributed by atoms with van der Waals surface area (Å²) in [5, 5.41) is 3.57. The molecule has 0 aliphatic carbocycles. The van der Waals surface area contributed by atoms with Gasteiger partial charge in [0.1, 0.15) is 0 Å². The van der Waals surface area contributed by atoms with Crippen molar-refractivity contribution < 1.29 is 0 Å². The fourth-order valence-electron chi connectivity index (χ4n) is 2.18. The molecule has 0 heterocycles. The molecule has 0 aliphatic rings. The maximum atomic E-state index is 3.57. The Morgan fingerprint density at radius 3 is 1.88 bits per heavy atom. The molecule has 0 rings (SSSR count). The predicted octanol–water partition coefficient (Wildman–Crippen LogP) is 3.23. The monoisotopic (exact) mass is 242 g/mol. The van der Waals surface area contributed by atoms with Gasteiger partial charge in [-0.2, -0.15) is 0 Å². The molecule has 1 N–H and O–H groups in total. The topological polar surface area (TPSA) is 15.3 Å². The SMILES string of the molecule is CCN(CC(C)C)C(C)C(C)CNCC(C)C. The number of hydrogen-bond donors (Lipinski definition) is 1. The van der Waals surface area contributed by atoms with Crippen LogP contribution in [0.2, 0.25) is 0 Å². The van der Waals surface area contributed by atoms with Gasteiger partial charge in [0.25, 0.3) is 0 Å². The van der Waals surface area contributed by atoms with Crippen molar-refractivity contribution in [2.75, 3.05) is 26.2 Å². The van der Waals surface area contributed by atoms with Crippen LogP contribution < -0.4 is 5.32 Å². The van der Waals surface area contributed by atoms with Gasteiger partial charge in [-0.05, 0) is 44.3 Å². The van der Waals surface area contributed by atoms with Gasteiger partial charge in [0.05, 0.1) is 0 Å². The zero-order chi connectivity index (χ0) is 13.4. The molecule has 2 atom stereocenters. The Labute approximate surface area is 109 Å². The van der Waals surface area contributed by atoms with Crippen LogP contribution in [-0.2, 0) is 0 Å².